The molecule has 2 rings (SSSR count). The molecule has 20 heavy (non-hydrogen) atoms. The van der Waals surface area contributed by atoms with Crippen LogP contribution in [0.4, 0.5) is 15.9 Å². The maximum Gasteiger partial charge on any atom is 0.226 e. The van der Waals surface area contributed by atoms with Gasteiger partial charge < -0.3 is 15.6 Å². The molecule has 0 bridgehead atoms. The predicted octanol–water partition coefficient (Wildman–Crippen LogP) is 2.83. The van der Waals surface area contributed by atoms with Crippen LogP contribution in [0.5, 0.6) is 0 Å². The second-order valence-electron chi connectivity index (χ2n) is 4.19. The van der Waals surface area contributed by atoms with Crippen LogP contribution in [0.3, 0.4) is 0 Å². The fourth-order valence-corrected chi connectivity index (χ4v) is 2.50. The molecule has 1 amide bonds. The molecule has 0 aliphatic rings. The van der Waals surface area contributed by atoms with Gasteiger partial charge in [0.2, 0.25) is 5.91 Å². The SMILES string of the molecule is Cc1cc(NC(=O)CCSc2cc(N)cc(F)c2)no1. The largest absolute Gasteiger partial charge is 0.399 e. The van der Waals surface area contributed by atoms with E-state index in [1.165, 1.54) is 23.9 Å². The molecule has 0 atom stereocenters. The van der Waals surface area contributed by atoms with Crippen LogP contribution in [0.25, 0.3) is 0 Å². The highest BCUT2D eigenvalue weighted by Crippen LogP contribution is 2.22. The van der Waals surface area contributed by atoms with Gasteiger partial charge in [-0.05, 0) is 25.1 Å². The van der Waals surface area contributed by atoms with E-state index in [9.17, 15) is 9.18 Å². The Morgan fingerprint density at radius 3 is 2.90 bits per heavy atom. The summed E-state index contributed by atoms with van der Waals surface area (Å²) in [6, 6.07) is 5.95. The first-order valence-electron chi connectivity index (χ1n) is 5.95. The standard InChI is InChI=1S/C13H14FN3O2S/c1-8-4-12(17-19-8)16-13(18)2-3-20-11-6-9(14)5-10(15)7-11/h4-7H,2-3,15H2,1H3,(H,16,17,18). The summed E-state index contributed by atoms with van der Waals surface area (Å²) >= 11 is 1.37. The zero-order valence-corrected chi connectivity index (χ0v) is 11.7. The molecular weight excluding hydrogens is 281 g/mol. The summed E-state index contributed by atoms with van der Waals surface area (Å²) in [6.07, 6.45) is 0.285. The minimum atomic E-state index is -0.380. The molecule has 0 saturated heterocycles. The lowest BCUT2D eigenvalue weighted by atomic mass is 10.3. The van der Waals surface area contributed by atoms with Crippen molar-refractivity contribution in [3.63, 3.8) is 0 Å². The van der Waals surface area contributed by atoms with Crippen LogP contribution in [-0.4, -0.2) is 16.8 Å². The van der Waals surface area contributed by atoms with Crippen LogP contribution in [-0.2, 0) is 4.79 Å². The number of anilines is 2. The third-order valence-electron chi connectivity index (χ3n) is 2.39. The fraction of sp³-hybridized carbons (Fsp3) is 0.231. The predicted molar refractivity (Wildman–Crippen MR) is 76.0 cm³/mol. The van der Waals surface area contributed by atoms with Crippen molar-refractivity contribution in [2.45, 2.75) is 18.2 Å². The zero-order valence-electron chi connectivity index (χ0n) is 10.9. The average Bonchev–Trinajstić information content (AvgIpc) is 2.73. The van der Waals surface area contributed by atoms with Crippen molar-refractivity contribution in [2.24, 2.45) is 0 Å². The highest BCUT2D eigenvalue weighted by Gasteiger charge is 2.07. The molecule has 0 aliphatic carbocycles. The van der Waals surface area contributed by atoms with Crippen molar-refractivity contribution in [3.05, 3.63) is 35.8 Å². The van der Waals surface area contributed by atoms with Crippen LogP contribution in [0.1, 0.15) is 12.2 Å². The van der Waals surface area contributed by atoms with E-state index in [1.54, 1.807) is 19.1 Å². The van der Waals surface area contributed by atoms with Crippen molar-refractivity contribution in [2.75, 3.05) is 16.8 Å². The van der Waals surface area contributed by atoms with E-state index in [4.69, 9.17) is 10.3 Å². The van der Waals surface area contributed by atoms with Gasteiger partial charge in [-0.2, -0.15) is 0 Å². The van der Waals surface area contributed by atoms with Crippen molar-refractivity contribution < 1.29 is 13.7 Å². The maximum absolute atomic E-state index is 13.1. The van der Waals surface area contributed by atoms with E-state index in [1.807, 2.05) is 0 Å². The number of carbonyl (C=O) groups excluding carboxylic acids is 1. The van der Waals surface area contributed by atoms with Gasteiger partial charge in [0.25, 0.3) is 0 Å². The number of hydrogen-bond donors (Lipinski definition) is 2. The Balaban J connectivity index is 1.79. The van der Waals surface area contributed by atoms with Crippen LogP contribution >= 0.6 is 11.8 Å². The van der Waals surface area contributed by atoms with Gasteiger partial charge in [-0.15, -0.1) is 11.8 Å². The maximum atomic E-state index is 13.1. The molecule has 106 valence electrons. The van der Waals surface area contributed by atoms with E-state index in [0.717, 1.165) is 0 Å². The molecule has 2 aromatic rings. The topological polar surface area (TPSA) is 81.2 Å². The van der Waals surface area contributed by atoms with Gasteiger partial charge in [0.15, 0.2) is 5.82 Å². The molecule has 0 spiro atoms. The number of carbonyl (C=O) groups is 1. The average molecular weight is 295 g/mol. The van der Waals surface area contributed by atoms with Crippen LogP contribution in [0, 0.1) is 12.7 Å². The molecule has 0 radical (unpaired) electrons. The van der Waals surface area contributed by atoms with Crippen molar-refractivity contribution in [1.82, 2.24) is 5.16 Å². The van der Waals surface area contributed by atoms with E-state index in [2.05, 4.69) is 10.5 Å². The number of hydrogen-bond acceptors (Lipinski definition) is 5. The summed E-state index contributed by atoms with van der Waals surface area (Å²) in [5, 5.41) is 6.28. The molecule has 0 aliphatic heterocycles. The van der Waals surface area contributed by atoms with Gasteiger partial charge in [0.1, 0.15) is 11.6 Å². The number of nitrogens with zero attached hydrogens (tertiary/aromatic N) is 1. The highest BCUT2D eigenvalue weighted by atomic mass is 32.2. The number of benzene rings is 1. The number of nitrogens with one attached hydrogen (secondary N) is 1. The summed E-state index contributed by atoms with van der Waals surface area (Å²) in [5.41, 5.74) is 5.91. The van der Waals surface area contributed by atoms with Gasteiger partial charge >= 0.3 is 0 Å². The normalized spacial score (nSPS) is 10.5. The van der Waals surface area contributed by atoms with Gasteiger partial charge in [-0.25, -0.2) is 4.39 Å². The number of rotatable bonds is 5. The molecule has 0 fully saturated rings. The number of aryl methyl sites for hydroxylation is 1. The Labute approximate surface area is 119 Å². The van der Waals surface area contributed by atoms with Crippen LogP contribution < -0.4 is 11.1 Å². The van der Waals surface area contributed by atoms with Crippen molar-refractivity contribution >= 4 is 29.2 Å². The molecule has 0 unspecified atom stereocenters. The van der Waals surface area contributed by atoms with E-state index >= 15 is 0 Å². The summed E-state index contributed by atoms with van der Waals surface area (Å²) in [7, 11) is 0. The second-order valence-corrected chi connectivity index (χ2v) is 5.36. The third kappa shape index (κ3) is 4.27. The molecular formula is C13H14FN3O2S. The molecule has 7 heteroatoms. The summed E-state index contributed by atoms with van der Waals surface area (Å²) in [4.78, 5) is 12.3. The molecule has 5 nitrogen and oxygen atoms in total. The number of thioether (sulfide) groups is 1. The monoisotopic (exact) mass is 295 g/mol. The lowest BCUT2D eigenvalue weighted by Crippen LogP contribution is -2.12. The minimum absolute atomic E-state index is 0.171. The summed E-state index contributed by atoms with van der Waals surface area (Å²) in [6.45, 7) is 1.74. The van der Waals surface area contributed by atoms with Gasteiger partial charge in [-0.3, -0.25) is 4.79 Å². The first kappa shape index (κ1) is 14.4. The smallest absolute Gasteiger partial charge is 0.226 e. The van der Waals surface area contributed by atoms with Gasteiger partial charge in [-0.1, -0.05) is 5.16 Å². The van der Waals surface area contributed by atoms with Gasteiger partial charge in [0, 0.05) is 28.8 Å². The number of aromatic nitrogens is 1. The van der Waals surface area contributed by atoms with E-state index in [-0.39, 0.29) is 18.1 Å². The Hall–Kier alpha value is -2.02. The Morgan fingerprint density at radius 1 is 1.45 bits per heavy atom. The van der Waals surface area contributed by atoms with Crippen molar-refractivity contribution in [3.8, 4) is 0 Å². The summed E-state index contributed by atoms with van der Waals surface area (Å²) in [5.74, 6) is 0.994. The van der Waals surface area contributed by atoms with E-state index < -0.39 is 0 Å². The third-order valence-corrected chi connectivity index (χ3v) is 3.36. The van der Waals surface area contributed by atoms with E-state index in [0.29, 0.717) is 27.9 Å². The quantitative estimate of drug-likeness (QED) is 0.655. The van der Waals surface area contributed by atoms with Crippen LogP contribution in [0.2, 0.25) is 0 Å². The first-order valence-corrected chi connectivity index (χ1v) is 6.93. The molecule has 1 heterocycles. The second kappa shape index (κ2) is 6.42. The lowest BCUT2D eigenvalue weighted by molar-refractivity contribution is -0.115. The van der Waals surface area contributed by atoms with Crippen LogP contribution in [0.15, 0.2) is 33.7 Å². The first-order chi connectivity index (χ1) is 9.52. The Kier molecular flexibility index (Phi) is 4.62. The molecule has 0 saturated carbocycles. The lowest BCUT2D eigenvalue weighted by Gasteiger charge is -2.03. The summed E-state index contributed by atoms with van der Waals surface area (Å²) < 4.78 is 18.0. The number of amides is 1. The molecule has 1 aromatic heterocycles. The Bertz CT molecular complexity index is 595. The van der Waals surface area contributed by atoms with Gasteiger partial charge in [0.05, 0.1) is 0 Å². The molecule has 1 aromatic carbocycles. The fourth-order valence-electron chi connectivity index (χ4n) is 1.56. The Morgan fingerprint density at radius 2 is 2.25 bits per heavy atom. The minimum Gasteiger partial charge on any atom is -0.399 e. The number of nitrogens with two attached hydrogens (primary N) is 1. The van der Waals surface area contributed by atoms with Crippen molar-refractivity contribution in [1.29, 1.82) is 0 Å². The zero-order chi connectivity index (χ0) is 14.5. The highest BCUT2D eigenvalue weighted by molar-refractivity contribution is 7.99. The number of nitrogen functional groups attached to an aromatic ring is 1. The molecule has 3 N–H and O–H groups in total. The number of halogens is 1.